The normalized spacial score (nSPS) is 27.5. The van der Waals surface area contributed by atoms with Crippen LogP contribution in [0.3, 0.4) is 0 Å². The van der Waals surface area contributed by atoms with Crippen LogP contribution < -0.4 is 0 Å². The fourth-order valence-electron chi connectivity index (χ4n) is 1.02. The summed E-state index contributed by atoms with van der Waals surface area (Å²) in [4.78, 5) is 4.16. The standard InChI is InChI=1S/C7H6IN3/c1-4-2-5-6(8)10-11-7(5)9-3-4/h2-4H,1H3/t4-/m0/s1. The summed E-state index contributed by atoms with van der Waals surface area (Å²) in [5, 5.41) is 7.83. The highest BCUT2D eigenvalue weighted by molar-refractivity contribution is 14.1. The number of amidine groups is 1. The number of nitrogens with zero attached hydrogens (tertiary/aromatic N) is 3. The lowest BCUT2D eigenvalue weighted by molar-refractivity contribution is 1.01. The van der Waals surface area contributed by atoms with Crippen LogP contribution in [-0.2, 0) is 0 Å². The number of fused-ring (bicyclic) bond motifs is 1. The van der Waals surface area contributed by atoms with Gasteiger partial charge in [-0.2, -0.15) is 0 Å². The molecule has 0 amide bonds. The fraction of sp³-hybridized carbons (Fsp3) is 0.286. The van der Waals surface area contributed by atoms with Gasteiger partial charge in [0.25, 0.3) is 0 Å². The summed E-state index contributed by atoms with van der Waals surface area (Å²) in [5.41, 5.74) is 1.08. The molecule has 0 saturated carbocycles. The molecule has 0 aromatic carbocycles. The molecule has 0 unspecified atom stereocenters. The number of aliphatic imine (C=N–C) groups is 1. The van der Waals surface area contributed by atoms with E-state index in [2.05, 4.69) is 50.8 Å². The maximum Gasteiger partial charge on any atom is 0.183 e. The van der Waals surface area contributed by atoms with Crippen molar-refractivity contribution in [3.05, 3.63) is 11.6 Å². The van der Waals surface area contributed by atoms with E-state index in [1.807, 2.05) is 6.21 Å². The molecule has 2 rings (SSSR count). The van der Waals surface area contributed by atoms with Crippen LogP contribution in [0.4, 0.5) is 0 Å². The molecule has 0 aliphatic carbocycles. The van der Waals surface area contributed by atoms with Crippen molar-refractivity contribution in [1.29, 1.82) is 0 Å². The van der Waals surface area contributed by atoms with E-state index in [9.17, 15) is 0 Å². The number of hydrogen-bond donors (Lipinski definition) is 0. The molecule has 2 aliphatic rings. The van der Waals surface area contributed by atoms with Crippen molar-refractivity contribution in [2.24, 2.45) is 21.1 Å². The van der Waals surface area contributed by atoms with Crippen molar-refractivity contribution < 1.29 is 0 Å². The number of allylic oxidation sites excluding steroid dienone is 1. The summed E-state index contributed by atoms with van der Waals surface area (Å²) in [6.45, 7) is 2.09. The zero-order valence-electron chi connectivity index (χ0n) is 5.95. The summed E-state index contributed by atoms with van der Waals surface area (Å²) in [6, 6.07) is 0. The molecule has 0 aromatic rings. The van der Waals surface area contributed by atoms with Crippen LogP contribution in [0.5, 0.6) is 0 Å². The van der Waals surface area contributed by atoms with E-state index in [4.69, 9.17) is 0 Å². The first-order valence-electron chi connectivity index (χ1n) is 3.35. The minimum absolute atomic E-state index is 0.405. The van der Waals surface area contributed by atoms with Gasteiger partial charge in [0, 0.05) is 12.1 Å². The first kappa shape index (κ1) is 7.15. The zero-order valence-corrected chi connectivity index (χ0v) is 8.11. The Balaban J connectivity index is 2.43. The Labute approximate surface area is 78.1 Å². The molecule has 1 atom stereocenters. The van der Waals surface area contributed by atoms with Gasteiger partial charge in [0.1, 0.15) is 3.72 Å². The van der Waals surface area contributed by atoms with Crippen LogP contribution in [0.2, 0.25) is 0 Å². The van der Waals surface area contributed by atoms with Crippen molar-refractivity contribution in [2.75, 3.05) is 0 Å². The van der Waals surface area contributed by atoms with Crippen LogP contribution in [0, 0.1) is 5.92 Å². The number of dihydropyridines is 1. The van der Waals surface area contributed by atoms with E-state index in [0.717, 1.165) is 15.1 Å². The van der Waals surface area contributed by atoms with Crippen molar-refractivity contribution in [1.82, 2.24) is 0 Å². The minimum Gasteiger partial charge on any atom is -0.239 e. The SMILES string of the molecule is C[C@@H]1C=NC2=NN=C(I)C2=C1. The highest BCUT2D eigenvalue weighted by atomic mass is 127. The molecule has 56 valence electrons. The summed E-state index contributed by atoms with van der Waals surface area (Å²) in [7, 11) is 0. The number of rotatable bonds is 0. The second-order valence-electron chi connectivity index (χ2n) is 2.53. The third-order valence-corrected chi connectivity index (χ3v) is 2.35. The van der Waals surface area contributed by atoms with E-state index < -0.39 is 0 Å². The van der Waals surface area contributed by atoms with Crippen LogP contribution in [0.1, 0.15) is 6.92 Å². The molecule has 2 heterocycles. The van der Waals surface area contributed by atoms with Gasteiger partial charge in [0.05, 0.1) is 5.57 Å². The molecule has 0 bridgehead atoms. The minimum atomic E-state index is 0.405. The van der Waals surface area contributed by atoms with Crippen LogP contribution in [-0.4, -0.2) is 15.8 Å². The van der Waals surface area contributed by atoms with Gasteiger partial charge in [-0.05, 0) is 22.6 Å². The van der Waals surface area contributed by atoms with E-state index in [1.165, 1.54) is 0 Å². The molecular formula is C7H6IN3. The van der Waals surface area contributed by atoms with Crippen molar-refractivity contribution in [2.45, 2.75) is 6.92 Å². The van der Waals surface area contributed by atoms with Crippen LogP contribution in [0.15, 0.2) is 26.8 Å². The summed E-state index contributed by atoms with van der Waals surface area (Å²) in [6.07, 6.45) is 4.01. The molecule has 4 heteroatoms. The van der Waals surface area contributed by atoms with Gasteiger partial charge in [-0.3, -0.25) is 0 Å². The van der Waals surface area contributed by atoms with Gasteiger partial charge < -0.3 is 0 Å². The molecule has 0 fully saturated rings. The highest BCUT2D eigenvalue weighted by Crippen LogP contribution is 2.20. The smallest absolute Gasteiger partial charge is 0.183 e. The second kappa shape index (κ2) is 2.51. The Bertz CT molecular complexity index is 312. The lowest BCUT2D eigenvalue weighted by Crippen LogP contribution is -2.10. The zero-order chi connectivity index (χ0) is 7.84. The van der Waals surface area contributed by atoms with Crippen LogP contribution in [0.25, 0.3) is 0 Å². The predicted molar refractivity (Wildman–Crippen MR) is 54.6 cm³/mol. The summed E-state index contributed by atoms with van der Waals surface area (Å²) < 4.78 is 0.946. The van der Waals surface area contributed by atoms with Gasteiger partial charge in [-0.25, -0.2) is 4.99 Å². The van der Waals surface area contributed by atoms with Gasteiger partial charge in [-0.1, -0.05) is 13.0 Å². The quantitative estimate of drug-likeness (QED) is 0.595. The Hall–Kier alpha value is -0.520. The summed E-state index contributed by atoms with van der Waals surface area (Å²) in [5.74, 6) is 1.16. The third-order valence-electron chi connectivity index (χ3n) is 1.56. The Morgan fingerprint density at radius 1 is 1.45 bits per heavy atom. The molecule has 3 nitrogen and oxygen atoms in total. The monoisotopic (exact) mass is 259 g/mol. The van der Waals surface area contributed by atoms with Crippen molar-refractivity contribution in [3.8, 4) is 0 Å². The largest absolute Gasteiger partial charge is 0.239 e. The fourth-order valence-corrected chi connectivity index (χ4v) is 1.55. The average molecular weight is 259 g/mol. The van der Waals surface area contributed by atoms with E-state index >= 15 is 0 Å². The molecular weight excluding hydrogens is 253 g/mol. The maximum absolute atomic E-state index is 4.16. The molecule has 0 saturated heterocycles. The van der Waals surface area contributed by atoms with E-state index in [0.29, 0.717) is 5.92 Å². The second-order valence-corrected chi connectivity index (χ2v) is 3.55. The lowest BCUT2D eigenvalue weighted by Gasteiger charge is -2.06. The van der Waals surface area contributed by atoms with Gasteiger partial charge in [-0.15, -0.1) is 10.2 Å². The Morgan fingerprint density at radius 3 is 3.09 bits per heavy atom. The Morgan fingerprint density at radius 2 is 2.27 bits per heavy atom. The molecule has 0 spiro atoms. The molecule has 2 aliphatic heterocycles. The van der Waals surface area contributed by atoms with E-state index in [-0.39, 0.29) is 0 Å². The molecule has 11 heavy (non-hydrogen) atoms. The van der Waals surface area contributed by atoms with E-state index in [1.54, 1.807) is 0 Å². The first-order valence-corrected chi connectivity index (χ1v) is 4.43. The molecule has 0 aromatic heterocycles. The topological polar surface area (TPSA) is 37.1 Å². The predicted octanol–water partition coefficient (Wildman–Crippen LogP) is 1.79. The highest BCUT2D eigenvalue weighted by Gasteiger charge is 2.20. The molecule has 0 radical (unpaired) electrons. The Kier molecular flexibility index (Phi) is 1.63. The third kappa shape index (κ3) is 1.15. The van der Waals surface area contributed by atoms with Crippen molar-refractivity contribution >= 4 is 38.4 Å². The van der Waals surface area contributed by atoms with Gasteiger partial charge in [0.15, 0.2) is 5.84 Å². The maximum atomic E-state index is 4.16. The average Bonchev–Trinajstić information content (AvgIpc) is 2.33. The van der Waals surface area contributed by atoms with Crippen molar-refractivity contribution in [3.63, 3.8) is 0 Å². The van der Waals surface area contributed by atoms with Gasteiger partial charge in [0.2, 0.25) is 0 Å². The number of halogens is 1. The van der Waals surface area contributed by atoms with Gasteiger partial charge >= 0.3 is 0 Å². The van der Waals surface area contributed by atoms with Crippen LogP contribution >= 0.6 is 22.6 Å². The summed E-state index contributed by atoms with van der Waals surface area (Å²) >= 11 is 2.17. The molecule has 0 N–H and O–H groups in total. The lowest BCUT2D eigenvalue weighted by atomic mass is 10.1. The first-order chi connectivity index (χ1) is 5.27. The number of hydrogen-bond acceptors (Lipinski definition) is 3.